The molecule has 1 aromatic rings. The number of fused-ring (bicyclic) bond motifs is 1. The molecule has 0 saturated carbocycles. The molecular weight excluding hydrogens is 242 g/mol. The minimum atomic E-state index is 0.212. The van der Waals surface area contributed by atoms with Gasteiger partial charge in [0.05, 0.1) is 6.54 Å². The van der Waals surface area contributed by atoms with Gasteiger partial charge in [0.15, 0.2) is 5.82 Å². The topological polar surface area (TPSA) is 63.1 Å². The lowest BCUT2D eigenvalue weighted by Crippen LogP contribution is -2.29. The summed E-state index contributed by atoms with van der Waals surface area (Å²) in [7, 11) is 1.86. The Kier molecular flexibility index (Phi) is 3.50. The summed E-state index contributed by atoms with van der Waals surface area (Å²) in [5, 5.41) is 11.7. The number of carbonyl (C=O) groups excluding carboxylic acids is 1. The summed E-state index contributed by atoms with van der Waals surface area (Å²) in [5.41, 5.74) is 0. The Morgan fingerprint density at radius 1 is 1.53 bits per heavy atom. The smallest absolute Gasteiger partial charge is 0.223 e. The molecule has 1 amide bonds. The van der Waals surface area contributed by atoms with E-state index >= 15 is 0 Å². The van der Waals surface area contributed by atoms with Crippen molar-refractivity contribution >= 4 is 5.91 Å². The highest BCUT2D eigenvalue weighted by Gasteiger charge is 2.23. The molecule has 1 aromatic heterocycles. The maximum Gasteiger partial charge on any atom is 0.223 e. The number of aryl methyl sites for hydroxylation is 1. The van der Waals surface area contributed by atoms with E-state index in [1.165, 1.54) is 0 Å². The molecule has 3 heterocycles. The predicted octanol–water partition coefficient (Wildman–Crippen LogP) is 0.182. The van der Waals surface area contributed by atoms with Crippen molar-refractivity contribution in [3.8, 4) is 0 Å². The number of nitrogens with zero attached hydrogens (tertiary/aromatic N) is 4. The quantitative estimate of drug-likeness (QED) is 0.842. The highest BCUT2D eigenvalue weighted by atomic mass is 16.2. The number of amides is 1. The van der Waals surface area contributed by atoms with Crippen LogP contribution in [0, 0.1) is 5.92 Å². The summed E-state index contributed by atoms with van der Waals surface area (Å²) in [6.07, 6.45) is 3.91. The van der Waals surface area contributed by atoms with Crippen molar-refractivity contribution in [2.45, 2.75) is 38.8 Å². The SMILES string of the molecule is CN(Cc1nnc2n1CCC2)C(=O)CC1CCNC1. The number of carbonyl (C=O) groups is 1. The summed E-state index contributed by atoms with van der Waals surface area (Å²) in [5.74, 6) is 2.70. The largest absolute Gasteiger partial charge is 0.338 e. The van der Waals surface area contributed by atoms with Gasteiger partial charge in [0.1, 0.15) is 5.82 Å². The van der Waals surface area contributed by atoms with Crippen LogP contribution in [-0.4, -0.2) is 45.7 Å². The van der Waals surface area contributed by atoms with Gasteiger partial charge in [-0.2, -0.15) is 0 Å². The number of nitrogens with one attached hydrogen (secondary N) is 1. The molecule has 1 atom stereocenters. The Morgan fingerprint density at radius 2 is 2.42 bits per heavy atom. The highest BCUT2D eigenvalue weighted by molar-refractivity contribution is 5.76. The lowest BCUT2D eigenvalue weighted by molar-refractivity contribution is -0.131. The van der Waals surface area contributed by atoms with Crippen molar-refractivity contribution in [3.63, 3.8) is 0 Å². The van der Waals surface area contributed by atoms with E-state index in [1.807, 2.05) is 7.05 Å². The molecule has 0 aromatic carbocycles. The second-order valence-corrected chi connectivity index (χ2v) is 5.60. The maximum atomic E-state index is 12.2. The summed E-state index contributed by atoms with van der Waals surface area (Å²) in [4.78, 5) is 14.0. The fourth-order valence-electron chi connectivity index (χ4n) is 2.92. The first-order valence-corrected chi connectivity index (χ1v) is 7.09. The normalized spacial score (nSPS) is 21.6. The highest BCUT2D eigenvalue weighted by Crippen LogP contribution is 2.17. The van der Waals surface area contributed by atoms with Gasteiger partial charge in [-0.15, -0.1) is 10.2 Å². The van der Waals surface area contributed by atoms with Crippen molar-refractivity contribution in [2.75, 3.05) is 20.1 Å². The van der Waals surface area contributed by atoms with E-state index in [0.717, 1.165) is 50.5 Å². The molecule has 0 bridgehead atoms. The first kappa shape index (κ1) is 12.6. The minimum Gasteiger partial charge on any atom is -0.338 e. The Balaban J connectivity index is 1.57. The molecule has 3 rings (SSSR count). The minimum absolute atomic E-state index is 0.212. The van der Waals surface area contributed by atoms with Gasteiger partial charge in [-0.3, -0.25) is 4.79 Å². The van der Waals surface area contributed by atoms with Crippen molar-refractivity contribution in [2.24, 2.45) is 5.92 Å². The lowest BCUT2D eigenvalue weighted by atomic mass is 10.0. The van der Waals surface area contributed by atoms with Crippen LogP contribution in [0.4, 0.5) is 0 Å². The number of aromatic nitrogens is 3. The fourth-order valence-corrected chi connectivity index (χ4v) is 2.92. The van der Waals surface area contributed by atoms with E-state index in [1.54, 1.807) is 4.90 Å². The molecule has 0 aliphatic carbocycles. The van der Waals surface area contributed by atoms with E-state index in [9.17, 15) is 4.79 Å². The van der Waals surface area contributed by atoms with Crippen LogP contribution in [0.5, 0.6) is 0 Å². The molecule has 1 fully saturated rings. The van der Waals surface area contributed by atoms with Gasteiger partial charge in [-0.25, -0.2) is 0 Å². The summed E-state index contributed by atoms with van der Waals surface area (Å²) in [6, 6.07) is 0. The summed E-state index contributed by atoms with van der Waals surface area (Å²) in [6.45, 7) is 3.58. The Morgan fingerprint density at radius 3 is 3.21 bits per heavy atom. The molecule has 1 saturated heterocycles. The van der Waals surface area contributed by atoms with Crippen LogP contribution in [-0.2, 0) is 24.3 Å². The van der Waals surface area contributed by atoms with E-state index in [0.29, 0.717) is 18.9 Å². The second-order valence-electron chi connectivity index (χ2n) is 5.60. The van der Waals surface area contributed by atoms with Crippen LogP contribution in [0.25, 0.3) is 0 Å². The van der Waals surface area contributed by atoms with E-state index < -0.39 is 0 Å². The Hall–Kier alpha value is -1.43. The third-order valence-corrected chi connectivity index (χ3v) is 4.12. The van der Waals surface area contributed by atoms with Crippen LogP contribution >= 0.6 is 0 Å². The van der Waals surface area contributed by atoms with Gasteiger partial charge in [-0.05, 0) is 31.8 Å². The molecule has 2 aliphatic rings. The first-order chi connectivity index (χ1) is 9.24. The molecule has 19 heavy (non-hydrogen) atoms. The van der Waals surface area contributed by atoms with Crippen LogP contribution in [0.2, 0.25) is 0 Å². The van der Waals surface area contributed by atoms with Crippen LogP contribution in [0.3, 0.4) is 0 Å². The zero-order valence-corrected chi connectivity index (χ0v) is 11.4. The van der Waals surface area contributed by atoms with Crippen molar-refractivity contribution in [1.82, 2.24) is 25.0 Å². The van der Waals surface area contributed by atoms with Crippen molar-refractivity contribution in [3.05, 3.63) is 11.6 Å². The zero-order valence-electron chi connectivity index (χ0n) is 11.4. The molecule has 6 heteroatoms. The summed E-state index contributed by atoms with van der Waals surface area (Å²) < 4.78 is 2.15. The average molecular weight is 263 g/mol. The van der Waals surface area contributed by atoms with Gasteiger partial charge in [-0.1, -0.05) is 0 Å². The lowest BCUT2D eigenvalue weighted by Gasteiger charge is -2.18. The van der Waals surface area contributed by atoms with E-state index in [2.05, 4.69) is 20.1 Å². The molecule has 1 unspecified atom stereocenters. The summed E-state index contributed by atoms with van der Waals surface area (Å²) >= 11 is 0. The van der Waals surface area contributed by atoms with Gasteiger partial charge in [0.2, 0.25) is 5.91 Å². The third kappa shape index (κ3) is 2.63. The van der Waals surface area contributed by atoms with Crippen molar-refractivity contribution < 1.29 is 4.79 Å². The molecule has 1 N–H and O–H groups in total. The van der Waals surface area contributed by atoms with Gasteiger partial charge in [0.25, 0.3) is 0 Å². The van der Waals surface area contributed by atoms with Gasteiger partial charge < -0.3 is 14.8 Å². The van der Waals surface area contributed by atoms with Crippen LogP contribution < -0.4 is 5.32 Å². The standard InChI is InChI=1S/C13H21N5O/c1-17(13(19)7-10-4-5-14-8-10)9-12-16-15-11-3-2-6-18(11)12/h10,14H,2-9H2,1H3. The maximum absolute atomic E-state index is 12.2. The Bertz CT molecular complexity index is 464. The van der Waals surface area contributed by atoms with Crippen LogP contribution in [0.15, 0.2) is 0 Å². The van der Waals surface area contributed by atoms with Crippen molar-refractivity contribution in [1.29, 1.82) is 0 Å². The Labute approximate surface area is 113 Å². The molecule has 104 valence electrons. The molecule has 0 radical (unpaired) electrons. The van der Waals surface area contributed by atoms with E-state index in [4.69, 9.17) is 0 Å². The average Bonchev–Trinajstić information content (AvgIpc) is 3.07. The predicted molar refractivity (Wildman–Crippen MR) is 70.4 cm³/mol. The fraction of sp³-hybridized carbons (Fsp3) is 0.769. The molecule has 6 nitrogen and oxygen atoms in total. The second kappa shape index (κ2) is 5.28. The number of rotatable bonds is 4. The van der Waals surface area contributed by atoms with Gasteiger partial charge >= 0.3 is 0 Å². The molecule has 2 aliphatic heterocycles. The van der Waals surface area contributed by atoms with E-state index in [-0.39, 0.29) is 5.91 Å². The molecule has 0 spiro atoms. The number of hydrogen-bond donors (Lipinski definition) is 1. The number of hydrogen-bond acceptors (Lipinski definition) is 4. The van der Waals surface area contributed by atoms with Gasteiger partial charge in [0, 0.05) is 26.4 Å². The van der Waals surface area contributed by atoms with Crippen LogP contribution in [0.1, 0.15) is 30.9 Å². The third-order valence-electron chi connectivity index (χ3n) is 4.12. The molecular formula is C13H21N5O. The monoisotopic (exact) mass is 263 g/mol. The zero-order chi connectivity index (χ0) is 13.2. The first-order valence-electron chi connectivity index (χ1n) is 7.09.